The van der Waals surface area contributed by atoms with E-state index in [0.717, 1.165) is 48.6 Å². The molecule has 2 aromatic rings. The van der Waals surface area contributed by atoms with Gasteiger partial charge in [0.05, 0.1) is 0 Å². The maximum absolute atomic E-state index is 13.5. The molecule has 1 aliphatic rings. The molecule has 202 valence electrons. The van der Waals surface area contributed by atoms with Crippen molar-refractivity contribution in [3.8, 4) is 0 Å². The lowest BCUT2D eigenvalue weighted by Gasteiger charge is -2.38. The molecule has 0 bridgehead atoms. The standard InChI is InChI=1S/C30H44N4O3/c1-5-24(6-2)30(37)33-17-9-12-28(33)34(21-35)27(29(36)32-16-15-31-20-22(3)4)19-23-13-14-25-10-7-8-11-26(25)18-23/h7-8,10-11,13-14,18,21-22,24,27-28,31H,5-6,9,12,15-17,19-20H2,1-4H3,(H,32,36)/t27-,28?/m1/s1. The van der Waals surface area contributed by atoms with Gasteiger partial charge in [0.1, 0.15) is 12.2 Å². The third kappa shape index (κ3) is 7.54. The second-order valence-corrected chi connectivity index (χ2v) is 10.5. The summed E-state index contributed by atoms with van der Waals surface area (Å²) in [5, 5.41) is 8.61. The number of nitrogens with zero attached hydrogens (tertiary/aromatic N) is 2. The third-order valence-electron chi connectivity index (χ3n) is 7.36. The molecule has 2 N–H and O–H groups in total. The Morgan fingerprint density at radius 3 is 2.49 bits per heavy atom. The van der Waals surface area contributed by atoms with Crippen molar-refractivity contribution in [2.24, 2.45) is 11.8 Å². The molecule has 1 aliphatic heterocycles. The average Bonchev–Trinajstić information content (AvgIpc) is 3.38. The molecule has 1 unspecified atom stereocenters. The maximum atomic E-state index is 13.5. The summed E-state index contributed by atoms with van der Waals surface area (Å²) in [5.74, 6) is 0.368. The predicted octanol–water partition coefficient (Wildman–Crippen LogP) is 3.96. The van der Waals surface area contributed by atoms with Gasteiger partial charge < -0.3 is 20.4 Å². The Morgan fingerprint density at radius 1 is 1.08 bits per heavy atom. The normalized spacial score (nSPS) is 16.4. The van der Waals surface area contributed by atoms with Crippen LogP contribution in [-0.4, -0.2) is 66.4 Å². The molecule has 0 aromatic heterocycles. The third-order valence-corrected chi connectivity index (χ3v) is 7.36. The molecule has 7 heteroatoms. The fourth-order valence-electron chi connectivity index (χ4n) is 5.25. The van der Waals surface area contributed by atoms with Crippen molar-refractivity contribution in [2.75, 3.05) is 26.2 Å². The van der Waals surface area contributed by atoms with Crippen molar-refractivity contribution in [3.05, 3.63) is 48.0 Å². The second kappa shape index (κ2) is 14.1. The van der Waals surface area contributed by atoms with E-state index in [1.54, 1.807) is 4.90 Å². The van der Waals surface area contributed by atoms with Crippen molar-refractivity contribution in [1.29, 1.82) is 0 Å². The number of nitrogens with one attached hydrogen (secondary N) is 2. The molecule has 0 radical (unpaired) electrons. The Morgan fingerprint density at radius 2 is 1.81 bits per heavy atom. The van der Waals surface area contributed by atoms with Gasteiger partial charge in [-0.15, -0.1) is 0 Å². The predicted molar refractivity (Wildman–Crippen MR) is 149 cm³/mol. The molecule has 1 fully saturated rings. The van der Waals surface area contributed by atoms with Crippen molar-refractivity contribution in [1.82, 2.24) is 20.4 Å². The van der Waals surface area contributed by atoms with Gasteiger partial charge in [0.25, 0.3) is 0 Å². The molecule has 2 atom stereocenters. The van der Waals surface area contributed by atoms with E-state index in [1.165, 1.54) is 0 Å². The topological polar surface area (TPSA) is 81.8 Å². The first-order chi connectivity index (χ1) is 17.9. The quantitative estimate of drug-likeness (QED) is 0.299. The van der Waals surface area contributed by atoms with Gasteiger partial charge in [-0.05, 0) is 54.5 Å². The van der Waals surface area contributed by atoms with Gasteiger partial charge in [-0.3, -0.25) is 14.4 Å². The Balaban J connectivity index is 1.84. The first-order valence-electron chi connectivity index (χ1n) is 13.9. The highest BCUT2D eigenvalue weighted by Gasteiger charge is 2.39. The SMILES string of the molecule is CCC(CC)C(=O)N1CCCC1N(C=O)[C@H](Cc1ccc2ccccc2c1)C(=O)NCCNCC(C)C. The van der Waals surface area contributed by atoms with Crippen LogP contribution in [-0.2, 0) is 20.8 Å². The zero-order valence-electron chi connectivity index (χ0n) is 22.9. The Kier molecular flexibility index (Phi) is 10.9. The number of fused-ring (bicyclic) bond motifs is 1. The van der Waals surface area contributed by atoms with E-state index in [9.17, 15) is 14.4 Å². The highest BCUT2D eigenvalue weighted by molar-refractivity contribution is 5.86. The lowest BCUT2D eigenvalue weighted by atomic mass is 9.99. The van der Waals surface area contributed by atoms with Gasteiger partial charge in [-0.25, -0.2) is 0 Å². The number of amides is 3. The van der Waals surface area contributed by atoms with E-state index < -0.39 is 12.2 Å². The zero-order valence-corrected chi connectivity index (χ0v) is 22.9. The van der Waals surface area contributed by atoms with Gasteiger partial charge in [0.2, 0.25) is 18.2 Å². The summed E-state index contributed by atoms with van der Waals surface area (Å²) in [5.41, 5.74) is 0.986. The zero-order chi connectivity index (χ0) is 26.8. The Labute approximate surface area is 222 Å². The van der Waals surface area contributed by atoms with Crippen LogP contribution in [0.5, 0.6) is 0 Å². The van der Waals surface area contributed by atoms with Gasteiger partial charge in [-0.2, -0.15) is 0 Å². The summed E-state index contributed by atoms with van der Waals surface area (Å²) >= 11 is 0. The second-order valence-electron chi connectivity index (χ2n) is 10.5. The molecule has 0 spiro atoms. The number of hydrogen-bond acceptors (Lipinski definition) is 4. The Hall–Kier alpha value is -2.93. The monoisotopic (exact) mass is 508 g/mol. The lowest BCUT2D eigenvalue weighted by Crippen LogP contribution is -2.57. The number of hydrogen-bond donors (Lipinski definition) is 2. The molecular formula is C30H44N4O3. The van der Waals surface area contributed by atoms with Crippen molar-refractivity contribution in [2.45, 2.75) is 72.0 Å². The van der Waals surface area contributed by atoms with Crippen LogP contribution in [0.1, 0.15) is 58.9 Å². The van der Waals surface area contributed by atoms with E-state index >= 15 is 0 Å². The number of carbonyl (C=O) groups is 3. The average molecular weight is 509 g/mol. The highest BCUT2D eigenvalue weighted by Crippen LogP contribution is 2.27. The molecule has 2 aromatic carbocycles. The maximum Gasteiger partial charge on any atom is 0.243 e. The minimum atomic E-state index is -0.705. The number of rotatable bonds is 14. The lowest BCUT2D eigenvalue weighted by molar-refractivity contribution is -0.147. The van der Waals surface area contributed by atoms with E-state index in [4.69, 9.17) is 0 Å². The molecule has 0 saturated carbocycles. The largest absolute Gasteiger partial charge is 0.353 e. The summed E-state index contributed by atoms with van der Waals surface area (Å²) in [4.78, 5) is 42.8. The van der Waals surface area contributed by atoms with Gasteiger partial charge in [-0.1, -0.05) is 70.2 Å². The van der Waals surface area contributed by atoms with Gasteiger partial charge in [0, 0.05) is 32.0 Å². The first-order valence-corrected chi connectivity index (χ1v) is 13.9. The van der Waals surface area contributed by atoms with E-state index in [2.05, 4.69) is 48.7 Å². The summed E-state index contributed by atoms with van der Waals surface area (Å²) in [7, 11) is 0. The van der Waals surface area contributed by atoms with Gasteiger partial charge in [0.15, 0.2) is 0 Å². The fourth-order valence-corrected chi connectivity index (χ4v) is 5.25. The van der Waals surface area contributed by atoms with Crippen molar-refractivity contribution < 1.29 is 14.4 Å². The van der Waals surface area contributed by atoms with Crippen molar-refractivity contribution in [3.63, 3.8) is 0 Å². The number of carbonyl (C=O) groups excluding carboxylic acids is 3. The molecule has 3 amide bonds. The first kappa shape index (κ1) is 28.6. The minimum Gasteiger partial charge on any atom is -0.353 e. The van der Waals surface area contributed by atoms with Crippen LogP contribution < -0.4 is 10.6 Å². The fraction of sp³-hybridized carbons (Fsp3) is 0.567. The van der Waals surface area contributed by atoms with Crippen molar-refractivity contribution >= 4 is 29.0 Å². The summed E-state index contributed by atoms with van der Waals surface area (Å²) in [6.45, 7) is 11.0. The van der Waals surface area contributed by atoms with Crippen LogP contribution in [0, 0.1) is 11.8 Å². The molecule has 0 aliphatic carbocycles. The summed E-state index contributed by atoms with van der Waals surface area (Å²) < 4.78 is 0. The number of likely N-dealkylation sites (tertiary alicyclic amines) is 1. The molecule has 7 nitrogen and oxygen atoms in total. The highest BCUT2D eigenvalue weighted by atomic mass is 16.2. The van der Waals surface area contributed by atoms with Crippen LogP contribution >= 0.6 is 0 Å². The van der Waals surface area contributed by atoms with E-state index in [1.807, 2.05) is 36.9 Å². The molecular weight excluding hydrogens is 464 g/mol. The van der Waals surface area contributed by atoms with Crippen LogP contribution in [0.2, 0.25) is 0 Å². The van der Waals surface area contributed by atoms with Crippen LogP contribution in [0.25, 0.3) is 10.8 Å². The molecule has 1 heterocycles. The van der Waals surface area contributed by atoms with E-state index in [0.29, 0.717) is 38.4 Å². The summed E-state index contributed by atoms with van der Waals surface area (Å²) in [6, 6.07) is 13.6. The minimum absolute atomic E-state index is 0.0612. The molecule has 3 rings (SSSR count). The van der Waals surface area contributed by atoms with Crippen LogP contribution in [0.3, 0.4) is 0 Å². The number of benzene rings is 2. The van der Waals surface area contributed by atoms with Gasteiger partial charge >= 0.3 is 0 Å². The van der Waals surface area contributed by atoms with E-state index in [-0.39, 0.29) is 17.7 Å². The molecule has 1 saturated heterocycles. The van der Waals surface area contributed by atoms with Crippen LogP contribution in [0.4, 0.5) is 0 Å². The Bertz CT molecular complexity index is 1040. The smallest absolute Gasteiger partial charge is 0.243 e. The summed E-state index contributed by atoms with van der Waals surface area (Å²) in [6.07, 6.45) is 3.80. The van der Waals surface area contributed by atoms with Crippen LogP contribution in [0.15, 0.2) is 42.5 Å². The molecule has 37 heavy (non-hydrogen) atoms.